The van der Waals surface area contributed by atoms with Crippen LogP contribution in [0.3, 0.4) is 0 Å². The van der Waals surface area contributed by atoms with E-state index in [9.17, 15) is 13.2 Å². The lowest BCUT2D eigenvalue weighted by Crippen LogP contribution is -2.16. The monoisotopic (exact) mass is 360 g/mol. The minimum absolute atomic E-state index is 0.0232. The molecule has 0 saturated heterocycles. The van der Waals surface area contributed by atoms with Crippen LogP contribution in [0.25, 0.3) is 6.08 Å². The van der Waals surface area contributed by atoms with Crippen LogP contribution in [-0.2, 0) is 19.4 Å². The van der Waals surface area contributed by atoms with Crippen molar-refractivity contribution in [1.82, 2.24) is 0 Å². The molecule has 1 aliphatic heterocycles. The molecule has 0 N–H and O–H groups in total. The maximum absolute atomic E-state index is 12.9. The van der Waals surface area contributed by atoms with Crippen molar-refractivity contribution in [3.05, 3.63) is 59.0 Å². The van der Waals surface area contributed by atoms with E-state index in [0.717, 1.165) is 0 Å². The zero-order valence-corrected chi connectivity index (χ0v) is 14.3. The smallest absolute Gasteiger partial charge is 0.350 e. The fourth-order valence-electron chi connectivity index (χ4n) is 2.33. The number of rotatable bonds is 5. The highest BCUT2D eigenvalue weighted by Crippen LogP contribution is 2.33. The summed E-state index contributed by atoms with van der Waals surface area (Å²) in [4.78, 5) is 11.9. The molecule has 2 aromatic carbocycles. The molecule has 1 heterocycles. The van der Waals surface area contributed by atoms with Crippen molar-refractivity contribution in [2.75, 3.05) is 13.4 Å². The summed E-state index contributed by atoms with van der Waals surface area (Å²) in [5.41, 5.74) is 0.492. The van der Waals surface area contributed by atoms with E-state index in [0.29, 0.717) is 17.1 Å². The number of sulfone groups is 1. The summed E-state index contributed by atoms with van der Waals surface area (Å²) in [5, 5.41) is 0. The second-order valence-electron chi connectivity index (χ2n) is 5.16. The van der Waals surface area contributed by atoms with E-state index in [1.807, 2.05) is 0 Å². The normalized spacial score (nSPS) is 13.6. The number of carbonyl (C=O) groups is 1. The summed E-state index contributed by atoms with van der Waals surface area (Å²) in [6.07, 6.45) is 1.28. The number of esters is 1. The van der Waals surface area contributed by atoms with Crippen LogP contribution < -0.4 is 9.47 Å². The van der Waals surface area contributed by atoms with Gasteiger partial charge in [-0.25, -0.2) is 13.2 Å². The molecule has 7 heteroatoms. The molecule has 0 bridgehead atoms. The lowest BCUT2D eigenvalue weighted by atomic mass is 10.2. The van der Waals surface area contributed by atoms with Crippen LogP contribution in [0.5, 0.6) is 11.5 Å². The molecule has 25 heavy (non-hydrogen) atoms. The first-order valence-electron chi connectivity index (χ1n) is 7.61. The van der Waals surface area contributed by atoms with Gasteiger partial charge in [0.2, 0.25) is 16.6 Å². The minimum atomic E-state index is -4.02. The van der Waals surface area contributed by atoms with Crippen LogP contribution in [-0.4, -0.2) is 27.8 Å². The zero-order valence-electron chi connectivity index (χ0n) is 13.5. The van der Waals surface area contributed by atoms with Gasteiger partial charge >= 0.3 is 5.97 Å². The third-order valence-electron chi connectivity index (χ3n) is 3.51. The summed E-state index contributed by atoms with van der Waals surface area (Å²) in [6, 6.07) is 12.7. The molecule has 0 atom stereocenters. The molecule has 0 unspecified atom stereocenters. The van der Waals surface area contributed by atoms with Gasteiger partial charge in [0.1, 0.15) is 0 Å². The molecule has 6 nitrogen and oxygen atoms in total. The maximum Gasteiger partial charge on any atom is 0.350 e. The summed E-state index contributed by atoms with van der Waals surface area (Å²) in [6.45, 7) is 1.79. The molecular weight excluding hydrogens is 344 g/mol. The predicted octanol–water partition coefficient (Wildman–Crippen LogP) is 2.79. The van der Waals surface area contributed by atoms with E-state index in [-0.39, 0.29) is 18.3 Å². The summed E-state index contributed by atoms with van der Waals surface area (Å²) >= 11 is 0. The zero-order chi connectivity index (χ0) is 17.9. The highest BCUT2D eigenvalue weighted by molar-refractivity contribution is 7.96. The van der Waals surface area contributed by atoms with Gasteiger partial charge in [-0.1, -0.05) is 24.3 Å². The highest BCUT2D eigenvalue weighted by Gasteiger charge is 2.28. The van der Waals surface area contributed by atoms with Gasteiger partial charge in [0.15, 0.2) is 16.4 Å². The Morgan fingerprint density at radius 1 is 1.12 bits per heavy atom. The molecule has 1 aliphatic rings. The van der Waals surface area contributed by atoms with Gasteiger partial charge < -0.3 is 14.2 Å². The van der Waals surface area contributed by atoms with Crippen LogP contribution in [0.4, 0.5) is 0 Å². The van der Waals surface area contributed by atoms with Crippen LogP contribution in [0.2, 0.25) is 0 Å². The predicted molar refractivity (Wildman–Crippen MR) is 90.8 cm³/mol. The molecule has 0 spiro atoms. The van der Waals surface area contributed by atoms with Crippen LogP contribution in [0, 0.1) is 0 Å². The second-order valence-corrected chi connectivity index (χ2v) is 7.08. The molecule has 3 rings (SSSR count). The lowest BCUT2D eigenvalue weighted by molar-refractivity contribution is -0.137. The number of carbonyl (C=O) groups excluding carboxylic acids is 1. The van der Waals surface area contributed by atoms with Crippen molar-refractivity contribution in [2.24, 2.45) is 0 Å². The van der Waals surface area contributed by atoms with Crippen molar-refractivity contribution in [1.29, 1.82) is 0 Å². The molecule has 0 radical (unpaired) electrons. The lowest BCUT2D eigenvalue weighted by Gasteiger charge is -2.09. The quantitative estimate of drug-likeness (QED) is 0.603. The Labute approximate surface area is 145 Å². The maximum atomic E-state index is 12.9. The molecule has 2 aromatic rings. The van der Waals surface area contributed by atoms with Crippen molar-refractivity contribution in [2.45, 2.75) is 11.8 Å². The van der Waals surface area contributed by atoms with Gasteiger partial charge in [-0.15, -0.1) is 0 Å². The van der Waals surface area contributed by atoms with Gasteiger partial charge in [-0.3, -0.25) is 0 Å². The fraction of sp³-hybridized carbons (Fsp3) is 0.167. The number of ether oxygens (including phenoxy) is 3. The largest absolute Gasteiger partial charge is 0.462 e. The average Bonchev–Trinajstić information content (AvgIpc) is 3.08. The topological polar surface area (TPSA) is 78.9 Å². The van der Waals surface area contributed by atoms with Crippen LogP contribution >= 0.6 is 0 Å². The second kappa shape index (κ2) is 6.98. The number of hydrogen-bond donors (Lipinski definition) is 0. The first kappa shape index (κ1) is 17.0. The SMILES string of the molecule is CCOC(=O)/C(=C\c1ccc2c(c1)OCO2)S(=O)(=O)c1ccccc1. The van der Waals surface area contributed by atoms with Crippen molar-refractivity contribution >= 4 is 21.9 Å². The van der Waals surface area contributed by atoms with E-state index >= 15 is 0 Å². The first-order chi connectivity index (χ1) is 12.0. The molecule has 130 valence electrons. The van der Waals surface area contributed by atoms with Crippen molar-refractivity contribution < 1.29 is 27.4 Å². The molecule has 0 saturated carbocycles. The van der Waals surface area contributed by atoms with Gasteiger partial charge in [0.05, 0.1) is 11.5 Å². The Bertz CT molecular complexity index is 916. The Balaban J connectivity index is 2.08. The van der Waals surface area contributed by atoms with Crippen LogP contribution in [0.1, 0.15) is 12.5 Å². The minimum Gasteiger partial charge on any atom is -0.462 e. The molecular formula is C18H16O6S. The molecule has 0 aliphatic carbocycles. The third-order valence-corrected chi connectivity index (χ3v) is 5.27. The molecule has 0 amide bonds. The Kier molecular flexibility index (Phi) is 4.76. The third kappa shape index (κ3) is 3.51. The summed E-state index contributed by atoms with van der Waals surface area (Å²) in [7, 11) is -4.02. The number of fused-ring (bicyclic) bond motifs is 1. The first-order valence-corrected chi connectivity index (χ1v) is 9.09. The standard InChI is InChI=1S/C18H16O6S/c1-2-22-18(19)17(25(20,21)14-6-4-3-5-7-14)11-13-8-9-15-16(10-13)24-12-23-15/h3-11H,2,12H2,1H3/b17-11+. The fourth-order valence-corrected chi connectivity index (χ4v) is 3.67. The number of benzene rings is 2. The summed E-state index contributed by atoms with van der Waals surface area (Å²) in [5.74, 6) is 0.166. The highest BCUT2D eigenvalue weighted by atomic mass is 32.2. The molecule has 0 fully saturated rings. The van der Waals surface area contributed by atoms with Crippen molar-refractivity contribution in [3.8, 4) is 11.5 Å². The summed E-state index contributed by atoms with van der Waals surface area (Å²) < 4.78 is 41.2. The van der Waals surface area contributed by atoms with Gasteiger partial charge in [-0.05, 0) is 42.8 Å². The van der Waals surface area contributed by atoms with E-state index in [2.05, 4.69) is 0 Å². The van der Waals surface area contributed by atoms with Gasteiger partial charge in [-0.2, -0.15) is 0 Å². The molecule has 0 aromatic heterocycles. The van der Waals surface area contributed by atoms with E-state index in [1.54, 1.807) is 43.3 Å². The Morgan fingerprint density at radius 3 is 2.56 bits per heavy atom. The van der Waals surface area contributed by atoms with Crippen molar-refractivity contribution in [3.63, 3.8) is 0 Å². The Morgan fingerprint density at radius 2 is 1.84 bits per heavy atom. The van der Waals surface area contributed by atoms with E-state index in [1.165, 1.54) is 18.2 Å². The Hall–Kier alpha value is -2.80. The average molecular weight is 360 g/mol. The number of hydrogen-bond acceptors (Lipinski definition) is 6. The van der Waals surface area contributed by atoms with E-state index < -0.39 is 20.7 Å². The van der Waals surface area contributed by atoms with Gasteiger partial charge in [0.25, 0.3) is 0 Å². The van der Waals surface area contributed by atoms with Crippen LogP contribution in [0.15, 0.2) is 58.3 Å². The van der Waals surface area contributed by atoms with E-state index in [4.69, 9.17) is 14.2 Å². The van der Waals surface area contributed by atoms with Gasteiger partial charge in [0, 0.05) is 0 Å².